The Morgan fingerprint density at radius 3 is 2.11 bits per heavy atom. The van der Waals surface area contributed by atoms with Crippen molar-refractivity contribution in [2.45, 2.75) is 20.8 Å². The van der Waals surface area contributed by atoms with E-state index in [9.17, 15) is 4.79 Å². The second kappa shape index (κ2) is 5.61. The van der Waals surface area contributed by atoms with Gasteiger partial charge in [-0.2, -0.15) is 0 Å². The van der Waals surface area contributed by atoms with Crippen molar-refractivity contribution < 1.29 is 4.79 Å². The number of likely N-dealkylation sites (N-methyl/N-ethyl adjacent to an activating group) is 1. The van der Waals surface area contributed by atoms with Crippen LogP contribution in [0.15, 0.2) is 12.1 Å². The maximum Gasteiger partial charge on any atom is 0.221 e. The van der Waals surface area contributed by atoms with Crippen LogP contribution in [0.3, 0.4) is 0 Å². The summed E-state index contributed by atoms with van der Waals surface area (Å²) in [5.41, 5.74) is 4.67. The van der Waals surface area contributed by atoms with Crippen LogP contribution in [-0.4, -0.2) is 44.0 Å². The van der Waals surface area contributed by atoms with Gasteiger partial charge in [0, 0.05) is 44.5 Å². The number of piperazine rings is 1. The summed E-state index contributed by atoms with van der Waals surface area (Å²) in [5.74, 6) is -0.0221. The highest BCUT2D eigenvalue weighted by molar-refractivity contribution is 5.89. The molecule has 0 unspecified atom stereocenters. The van der Waals surface area contributed by atoms with Gasteiger partial charge in [0.2, 0.25) is 5.91 Å². The lowest BCUT2D eigenvalue weighted by molar-refractivity contribution is -0.114. The van der Waals surface area contributed by atoms with Crippen LogP contribution in [0.25, 0.3) is 0 Å². The fourth-order valence-corrected chi connectivity index (χ4v) is 2.76. The highest BCUT2D eigenvalue weighted by atomic mass is 16.1. The van der Waals surface area contributed by atoms with Gasteiger partial charge in [-0.25, -0.2) is 0 Å². The van der Waals surface area contributed by atoms with E-state index in [4.69, 9.17) is 0 Å². The molecule has 0 spiro atoms. The molecule has 2 rings (SSSR count). The van der Waals surface area contributed by atoms with Gasteiger partial charge in [0.15, 0.2) is 0 Å². The summed E-state index contributed by atoms with van der Waals surface area (Å²) in [6.07, 6.45) is 0. The zero-order valence-electron chi connectivity index (χ0n) is 12.3. The van der Waals surface area contributed by atoms with Gasteiger partial charge in [0.25, 0.3) is 0 Å². The third kappa shape index (κ3) is 3.26. The molecule has 1 fully saturated rings. The van der Waals surface area contributed by atoms with Crippen LogP contribution in [0.5, 0.6) is 0 Å². The number of carbonyl (C=O) groups is 1. The van der Waals surface area contributed by atoms with E-state index < -0.39 is 0 Å². The van der Waals surface area contributed by atoms with E-state index in [2.05, 4.69) is 48.1 Å². The molecule has 1 saturated heterocycles. The molecule has 1 heterocycles. The molecule has 1 amide bonds. The van der Waals surface area contributed by atoms with Crippen LogP contribution in [0, 0.1) is 13.8 Å². The van der Waals surface area contributed by atoms with Crippen molar-refractivity contribution in [2.24, 2.45) is 0 Å². The highest BCUT2D eigenvalue weighted by Crippen LogP contribution is 2.29. The third-order valence-electron chi connectivity index (χ3n) is 3.63. The largest absolute Gasteiger partial charge is 0.369 e. The van der Waals surface area contributed by atoms with Gasteiger partial charge in [-0.3, -0.25) is 4.79 Å². The minimum atomic E-state index is -0.0221. The van der Waals surface area contributed by atoms with Gasteiger partial charge in [-0.15, -0.1) is 0 Å². The van der Waals surface area contributed by atoms with E-state index in [-0.39, 0.29) is 5.91 Å². The molecule has 4 nitrogen and oxygen atoms in total. The topological polar surface area (TPSA) is 35.6 Å². The number of carbonyl (C=O) groups excluding carboxylic acids is 1. The summed E-state index contributed by atoms with van der Waals surface area (Å²) in [5, 5.41) is 2.86. The summed E-state index contributed by atoms with van der Waals surface area (Å²) in [7, 11) is 2.16. The summed E-state index contributed by atoms with van der Waals surface area (Å²) >= 11 is 0. The molecule has 0 bridgehead atoms. The van der Waals surface area contributed by atoms with Crippen molar-refractivity contribution in [3.05, 3.63) is 23.3 Å². The average molecular weight is 261 g/mol. The number of rotatable bonds is 2. The minimum absolute atomic E-state index is 0.0221. The van der Waals surface area contributed by atoms with Crippen LogP contribution >= 0.6 is 0 Å². The Labute approximate surface area is 115 Å². The van der Waals surface area contributed by atoms with Crippen LogP contribution in [0.2, 0.25) is 0 Å². The number of amides is 1. The molecular weight excluding hydrogens is 238 g/mol. The second-order valence-electron chi connectivity index (χ2n) is 5.43. The predicted octanol–water partition coefficient (Wildman–Crippen LogP) is 2.01. The molecule has 0 atom stereocenters. The zero-order chi connectivity index (χ0) is 14.0. The van der Waals surface area contributed by atoms with Gasteiger partial charge in [0.05, 0.1) is 0 Å². The Balaban J connectivity index is 2.24. The fraction of sp³-hybridized carbons (Fsp3) is 0.533. The SMILES string of the molecule is CC(=O)Nc1cc(C)c(N2CCN(C)CC2)c(C)c1. The normalized spacial score (nSPS) is 16.5. The second-order valence-corrected chi connectivity index (χ2v) is 5.43. The Morgan fingerprint density at radius 1 is 1.11 bits per heavy atom. The molecule has 1 aliphatic heterocycles. The van der Waals surface area contributed by atoms with E-state index >= 15 is 0 Å². The van der Waals surface area contributed by atoms with Crippen LogP contribution in [-0.2, 0) is 4.79 Å². The molecule has 1 aromatic carbocycles. The third-order valence-corrected chi connectivity index (χ3v) is 3.63. The van der Waals surface area contributed by atoms with E-state index in [1.165, 1.54) is 16.8 Å². The van der Waals surface area contributed by atoms with Crippen molar-refractivity contribution in [3.8, 4) is 0 Å². The molecule has 0 aromatic heterocycles. The summed E-state index contributed by atoms with van der Waals surface area (Å²) in [6, 6.07) is 4.12. The van der Waals surface area contributed by atoms with Crippen LogP contribution in [0.1, 0.15) is 18.1 Å². The molecule has 0 aliphatic carbocycles. The Kier molecular flexibility index (Phi) is 4.10. The lowest BCUT2D eigenvalue weighted by atomic mass is 10.1. The Bertz CT molecular complexity index is 453. The van der Waals surface area contributed by atoms with E-state index in [1.54, 1.807) is 6.92 Å². The average Bonchev–Trinajstić information content (AvgIpc) is 2.29. The summed E-state index contributed by atoms with van der Waals surface area (Å²) in [4.78, 5) is 15.9. The molecule has 1 aromatic rings. The summed E-state index contributed by atoms with van der Waals surface area (Å²) in [6.45, 7) is 10.1. The maximum absolute atomic E-state index is 11.1. The Morgan fingerprint density at radius 2 is 1.63 bits per heavy atom. The maximum atomic E-state index is 11.1. The standard InChI is InChI=1S/C15H23N3O/c1-11-9-14(16-13(3)19)10-12(2)15(11)18-7-5-17(4)6-8-18/h9-10H,5-8H2,1-4H3,(H,16,19). The molecule has 4 heteroatoms. The molecular formula is C15H23N3O. The van der Waals surface area contributed by atoms with Gasteiger partial charge in [-0.1, -0.05) is 0 Å². The number of aryl methyl sites for hydroxylation is 2. The minimum Gasteiger partial charge on any atom is -0.369 e. The number of nitrogens with zero attached hydrogens (tertiary/aromatic N) is 2. The van der Waals surface area contributed by atoms with E-state index in [1.807, 2.05) is 0 Å². The lowest BCUT2D eigenvalue weighted by Gasteiger charge is -2.36. The molecule has 104 valence electrons. The van der Waals surface area contributed by atoms with Crippen LogP contribution < -0.4 is 10.2 Å². The fourth-order valence-electron chi connectivity index (χ4n) is 2.76. The number of anilines is 2. The Hall–Kier alpha value is -1.55. The van der Waals surface area contributed by atoms with Crippen molar-refractivity contribution in [1.82, 2.24) is 4.90 Å². The van der Waals surface area contributed by atoms with Gasteiger partial charge < -0.3 is 15.1 Å². The highest BCUT2D eigenvalue weighted by Gasteiger charge is 2.18. The number of nitrogens with one attached hydrogen (secondary N) is 1. The molecule has 1 aliphatic rings. The smallest absolute Gasteiger partial charge is 0.221 e. The summed E-state index contributed by atoms with van der Waals surface area (Å²) < 4.78 is 0. The number of benzene rings is 1. The first-order valence-electron chi connectivity index (χ1n) is 6.79. The lowest BCUT2D eigenvalue weighted by Crippen LogP contribution is -2.45. The molecule has 1 N–H and O–H groups in total. The van der Waals surface area contributed by atoms with Gasteiger partial charge in [-0.05, 0) is 44.2 Å². The van der Waals surface area contributed by atoms with Gasteiger partial charge in [0.1, 0.15) is 0 Å². The van der Waals surface area contributed by atoms with Crippen molar-refractivity contribution in [1.29, 1.82) is 0 Å². The molecule has 19 heavy (non-hydrogen) atoms. The first-order chi connectivity index (χ1) is 8.97. The van der Waals surface area contributed by atoms with E-state index in [0.29, 0.717) is 0 Å². The van der Waals surface area contributed by atoms with Gasteiger partial charge >= 0.3 is 0 Å². The van der Waals surface area contributed by atoms with Crippen molar-refractivity contribution in [3.63, 3.8) is 0 Å². The van der Waals surface area contributed by atoms with E-state index in [0.717, 1.165) is 31.9 Å². The van der Waals surface area contributed by atoms with Crippen molar-refractivity contribution in [2.75, 3.05) is 43.4 Å². The number of hydrogen-bond acceptors (Lipinski definition) is 3. The first kappa shape index (κ1) is 13.9. The monoisotopic (exact) mass is 261 g/mol. The van der Waals surface area contributed by atoms with Crippen LogP contribution in [0.4, 0.5) is 11.4 Å². The van der Waals surface area contributed by atoms with Crippen molar-refractivity contribution >= 4 is 17.3 Å². The molecule has 0 saturated carbocycles. The first-order valence-corrected chi connectivity index (χ1v) is 6.79. The molecule has 0 radical (unpaired) electrons. The number of hydrogen-bond donors (Lipinski definition) is 1. The predicted molar refractivity (Wildman–Crippen MR) is 79.9 cm³/mol. The quantitative estimate of drug-likeness (QED) is 0.884. The zero-order valence-corrected chi connectivity index (χ0v) is 12.3.